The number of nitrogens with zero attached hydrogens (tertiary/aromatic N) is 1. The van der Waals surface area contributed by atoms with Gasteiger partial charge in [-0.2, -0.15) is 0 Å². The van der Waals surface area contributed by atoms with Crippen molar-refractivity contribution >= 4 is 34.5 Å². The van der Waals surface area contributed by atoms with Gasteiger partial charge in [0.15, 0.2) is 11.2 Å². The standard InChI is InChI=1S/C17H18N4OS/c1-2-13-16(18)21-15-11(7-5-9-14(15)22-13)10-6-3-4-8-12(10)20-17(19)23/h3-9,13H,2H2,1H3,(H2,18,21)(H3,19,20,23). The van der Waals surface area contributed by atoms with E-state index in [1.165, 1.54) is 0 Å². The van der Waals surface area contributed by atoms with Crippen molar-refractivity contribution in [2.45, 2.75) is 19.4 Å². The average molecular weight is 326 g/mol. The Kier molecular flexibility index (Phi) is 4.16. The number of ether oxygens (including phenoxy) is 1. The third kappa shape index (κ3) is 2.98. The summed E-state index contributed by atoms with van der Waals surface area (Å²) in [4.78, 5) is 4.57. The molecular formula is C17H18N4OS. The van der Waals surface area contributed by atoms with Crippen LogP contribution in [0.1, 0.15) is 13.3 Å². The van der Waals surface area contributed by atoms with Crippen LogP contribution in [-0.4, -0.2) is 17.1 Å². The molecule has 3 rings (SSSR count). The fourth-order valence-electron chi connectivity index (χ4n) is 2.62. The number of aliphatic imine (C=N–C) groups is 1. The Morgan fingerprint density at radius 3 is 2.70 bits per heavy atom. The van der Waals surface area contributed by atoms with E-state index >= 15 is 0 Å². The van der Waals surface area contributed by atoms with Crippen molar-refractivity contribution in [2.75, 3.05) is 5.32 Å². The highest BCUT2D eigenvalue weighted by Gasteiger charge is 2.23. The molecule has 0 aromatic heterocycles. The molecule has 0 radical (unpaired) electrons. The van der Waals surface area contributed by atoms with Crippen molar-refractivity contribution in [2.24, 2.45) is 16.5 Å². The second-order valence-corrected chi connectivity index (χ2v) is 5.68. The molecular weight excluding hydrogens is 308 g/mol. The van der Waals surface area contributed by atoms with E-state index in [0.29, 0.717) is 5.84 Å². The molecule has 0 bridgehead atoms. The van der Waals surface area contributed by atoms with Crippen molar-refractivity contribution in [3.63, 3.8) is 0 Å². The molecule has 5 N–H and O–H groups in total. The topological polar surface area (TPSA) is 85.7 Å². The van der Waals surface area contributed by atoms with E-state index in [4.69, 9.17) is 28.4 Å². The van der Waals surface area contributed by atoms with Gasteiger partial charge in [0, 0.05) is 16.8 Å². The van der Waals surface area contributed by atoms with Crippen LogP contribution in [-0.2, 0) is 0 Å². The third-order valence-electron chi connectivity index (χ3n) is 3.68. The molecule has 0 amide bonds. The fraction of sp³-hybridized carbons (Fsp3) is 0.176. The minimum atomic E-state index is -0.178. The molecule has 5 nitrogen and oxygen atoms in total. The maximum atomic E-state index is 6.04. The first-order chi connectivity index (χ1) is 11.1. The Labute approximate surface area is 140 Å². The van der Waals surface area contributed by atoms with Crippen molar-refractivity contribution < 1.29 is 4.74 Å². The van der Waals surface area contributed by atoms with E-state index in [1.807, 2.05) is 49.4 Å². The average Bonchev–Trinajstić information content (AvgIpc) is 2.54. The molecule has 6 heteroatoms. The summed E-state index contributed by atoms with van der Waals surface area (Å²) in [5.74, 6) is 1.22. The lowest BCUT2D eigenvalue weighted by molar-refractivity contribution is 0.257. The van der Waals surface area contributed by atoms with Crippen molar-refractivity contribution in [1.82, 2.24) is 0 Å². The second kappa shape index (κ2) is 6.26. The molecule has 2 aromatic carbocycles. The van der Waals surface area contributed by atoms with Crippen LogP contribution in [0.2, 0.25) is 0 Å². The van der Waals surface area contributed by atoms with Gasteiger partial charge in [0.05, 0.1) is 0 Å². The molecule has 23 heavy (non-hydrogen) atoms. The minimum Gasteiger partial charge on any atom is -0.480 e. The quantitative estimate of drug-likeness (QED) is 0.754. The summed E-state index contributed by atoms with van der Waals surface area (Å²) in [6, 6.07) is 13.6. The minimum absolute atomic E-state index is 0.178. The van der Waals surface area contributed by atoms with Gasteiger partial charge in [-0.1, -0.05) is 37.3 Å². The van der Waals surface area contributed by atoms with Gasteiger partial charge in [0.2, 0.25) is 0 Å². The summed E-state index contributed by atoms with van der Waals surface area (Å²) in [6.45, 7) is 2.02. The van der Waals surface area contributed by atoms with E-state index in [-0.39, 0.29) is 11.2 Å². The molecule has 2 aromatic rings. The zero-order valence-electron chi connectivity index (χ0n) is 12.7. The van der Waals surface area contributed by atoms with Crippen LogP contribution in [0.3, 0.4) is 0 Å². The first kappa shape index (κ1) is 15.3. The lowest BCUT2D eigenvalue weighted by Crippen LogP contribution is -2.35. The maximum absolute atomic E-state index is 6.04. The van der Waals surface area contributed by atoms with E-state index in [2.05, 4.69) is 10.3 Å². The summed E-state index contributed by atoms with van der Waals surface area (Å²) < 4.78 is 5.95. The molecule has 1 aliphatic heterocycles. The molecule has 0 aliphatic carbocycles. The number of fused-ring (bicyclic) bond motifs is 1. The first-order valence-electron chi connectivity index (χ1n) is 7.39. The highest BCUT2D eigenvalue weighted by molar-refractivity contribution is 7.80. The number of thiocarbonyl (C=S) groups is 1. The van der Waals surface area contributed by atoms with E-state index in [9.17, 15) is 0 Å². The Bertz CT molecular complexity index is 788. The van der Waals surface area contributed by atoms with Gasteiger partial charge in [0.25, 0.3) is 0 Å². The monoisotopic (exact) mass is 326 g/mol. The molecule has 1 heterocycles. The molecule has 1 atom stereocenters. The molecule has 0 fully saturated rings. The van der Waals surface area contributed by atoms with Crippen LogP contribution in [0.5, 0.6) is 5.75 Å². The Balaban J connectivity index is 2.13. The largest absolute Gasteiger partial charge is 0.480 e. The Morgan fingerprint density at radius 2 is 1.96 bits per heavy atom. The fourth-order valence-corrected chi connectivity index (χ4v) is 2.73. The number of rotatable bonds is 3. The van der Waals surface area contributed by atoms with Gasteiger partial charge in [-0.25, -0.2) is 4.99 Å². The van der Waals surface area contributed by atoms with E-state index in [1.54, 1.807) is 0 Å². The highest BCUT2D eigenvalue weighted by Crippen LogP contribution is 2.43. The number of para-hydroxylation sites is 2. The Hall–Kier alpha value is -2.60. The van der Waals surface area contributed by atoms with E-state index < -0.39 is 0 Å². The lowest BCUT2D eigenvalue weighted by atomic mass is 10.0. The summed E-state index contributed by atoms with van der Waals surface area (Å²) in [7, 11) is 0. The van der Waals surface area contributed by atoms with Gasteiger partial charge < -0.3 is 21.5 Å². The Morgan fingerprint density at radius 1 is 1.22 bits per heavy atom. The number of hydrogen-bond acceptors (Lipinski definition) is 4. The molecule has 0 saturated heterocycles. The predicted molar refractivity (Wildman–Crippen MR) is 98.3 cm³/mol. The third-order valence-corrected chi connectivity index (χ3v) is 3.79. The zero-order chi connectivity index (χ0) is 16.4. The van der Waals surface area contributed by atoms with E-state index in [0.717, 1.165) is 34.7 Å². The second-order valence-electron chi connectivity index (χ2n) is 5.24. The lowest BCUT2D eigenvalue weighted by Gasteiger charge is -2.25. The summed E-state index contributed by atoms with van der Waals surface area (Å²) in [6.07, 6.45) is 0.598. The SMILES string of the molecule is CCC1Oc2cccc(-c3ccccc3NC(N)=S)c2N=C1N. The molecule has 0 spiro atoms. The molecule has 1 unspecified atom stereocenters. The summed E-state index contributed by atoms with van der Waals surface area (Å²) >= 11 is 4.95. The van der Waals surface area contributed by atoms with Crippen LogP contribution in [0.25, 0.3) is 11.1 Å². The summed E-state index contributed by atoms with van der Waals surface area (Å²) in [5.41, 5.74) is 15.1. The van der Waals surface area contributed by atoms with Crippen molar-refractivity contribution in [3.8, 4) is 16.9 Å². The van der Waals surface area contributed by atoms with Gasteiger partial charge in [-0.15, -0.1) is 0 Å². The number of nitrogens with two attached hydrogens (primary N) is 2. The van der Waals surface area contributed by atoms with Gasteiger partial charge in [-0.3, -0.25) is 0 Å². The van der Waals surface area contributed by atoms with Crippen molar-refractivity contribution in [3.05, 3.63) is 42.5 Å². The number of hydrogen-bond donors (Lipinski definition) is 3. The molecule has 0 saturated carbocycles. The predicted octanol–water partition coefficient (Wildman–Crippen LogP) is 3.17. The van der Waals surface area contributed by atoms with Gasteiger partial charge >= 0.3 is 0 Å². The summed E-state index contributed by atoms with van der Waals surface area (Å²) in [5, 5.41) is 3.21. The van der Waals surface area contributed by atoms with Crippen LogP contribution in [0, 0.1) is 0 Å². The smallest absolute Gasteiger partial charge is 0.168 e. The van der Waals surface area contributed by atoms with Crippen LogP contribution in [0.15, 0.2) is 47.5 Å². The number of anilines is 1. The van der Waals surface area contributed by atoms with Crippen LogP contribution < -0.4 is 21.5 Å². The van der Waals surface area contributed by atoms with Crippen LogP contribution in [0.4, 0.5) is 11.4 Å². The number of benzene rings is 2. The number of nitrogens with one attached hydrogen (secondary N) is 1. The highest BCUT2D eigenvalue weighted by atomic mass is 32.1. The molecule has 1 aliphatic rings. The molecule has 118 valence electrons. The normalized spacial score (nSPS) is 16.0. The van der Waals surface area contributed by atoms with Gasteiger partial charge in [0.1, 0.15) is 17.3 Å². The van der Waals surface area contributed by atoms with Crippen molar-refractivity contribution in [1.29, 1.82) is 0 Å². The zero-order valence-corrected chi connectivity index (χ0v) is 13.6. The number of amidine groups is 1. The van der Waals surface area contributed by atoms with Crippen LogP contribution >= 0.6 is 12.2 Å². The maximum Gasteiger partial charge on any atom is 0.168 e. The first-order valence-corrected chi connectivity index (χ1v) is 7.80. The van der Waals surface area contributed by atoms with Gasteiger partial charge in [-0.05, 0) is 30.8 Å².